The molecule has 0 fully saturated rings. The van der Waals surface area contributed by atoms with E-state index in [-0.39, 0.29) is 16.7 Å². The Hall–Kier alpha value is -1.55. The number of aliphatic carboxylic acids is 1. The van der Waals surface area contributed by atoms with Gasteiger partial charge < -0.3 is 15.3 Å². The van der Waals surface area contributed by atoms with Crippen molar-refractivity contribution in [3.63, 3.8) is 0 Å². The van der Waals surface area contributed by atoms with Gasteiger partial charge in [-0.15, -0.1) is 0 Å². The van der Waals surface area contributed by atoms with Gasteiger partial charge in [0.05, 0.1) is 0 Å². The predicted octanol–water partition coefficient (Wildman–Crippen LogP) is 1.81. The average molecular weight is 224 g/mol. The van der Waals surface area contributed by atoms with Crippen LogP contribution in [0.2, 0.25) is 0 Å². The van der Waals surface area contributed by atoms with Crippen LogP contribution in [0.25, 0.3) is 0 Å². The topological polar surface area (TPSA) is 77.8 Å². The van der Waals surface area contributed by atoms with Gasteiger partial charge in [-0.3, -0.25) is 0 Å². The summed E-state index contributed by atoms with van der Waals surface area (Å²) in [5.74, 6) is -1.20. The van der Waals surface area contributed by atoms with Gasteiger partial charge in [-0.05, 0) is 28.7 Å². The van der Waals surface area contributed by atoms with Gasteiger partial charge in [0.1, 0.15) is 5.75 Å². The number of carboxylic acid groups (broad SMARTS) is 1. The highest BCUT2D eigenvalue weighted by Gasteiger charge is 2.22. The number of hydrogen-bond acceptors (Lipinski definition) is 3. The van der Waals surface area contributed by atoms with E-state index in [0.717, 1.165) is 0 Å². The highest BCUT2D eigenvalue weighted by atomic mass is 16.4. The molecular formula is C12H16O4. The zero-order chi connectivity index (χ0) is 12.5. The Morgan fingerprint density at radius 1 is 1.31 bits per heavy atom. The Bertz CT molecular complexity index is 404. The summed E-state index contributed by atoms with van der Waals surface area (Å²) in [5.41, 5.74) is 0.582. The molecule has 16 heavy (non-hydrogen) atoms. The summed E-state index contributed by atoms with van der Waals surface area (Å²) >= 11 is 0. The lowest BCUT2D eigenvalue weighted by atomic mass is 9.85. The van der Waals surface area contributed by atoms with Gasteiger partial charge >= 0.3 is 5.97 Å². The van der Waals surface area contributed by atoms with E-state index in [1.165, 1.54) is 18.2 Å². The molecule has 0 saturated heterocycles. The molecule has 3 N–H and O–H groups in total. The fourth-order valence-corrected chi connectivity index (χ4v) is 1.47. The second kappa shape index (κ2) is 4.14. The van der Waals surface area contributed by atoms with Gasteiger partial charge in [0.15, 0.2) is 6.10 Å². The van der Waals surface area contributed by atoms with E-state index in [9.17, 15) is 15.0 Å². The van der Waals surface area contributed by atoms with Crippen molar-refractivity contribution in [2.75, 3.05) is 0 Å². The molecule has 88 valence electrons. The van der Waals surface area contributed by atoms with Crippen LogP contribution >= 0.6 is 0 Å². The fraction of sp³-hybridized carbons (Fsp3) is 0.417. The van der Waals surface area contributed by atoms with E-state index >= 15 is 0 Å². The van der Waals surface area contributed by atoms with E-state index in [1.54, 1.807) is 0 Å². The number of rotatable bonds is 2. The van der Waals surface area contributed by atoms with Crippen molar-refractivity contribution in [1.29, 1.82) is 0 Å². The third-order valence-corrected chi connectivity index (χ3v) is 2.38. The van der Waals surface area contributed by atoms with E-state index in [0.29, 0.717) is 5.56 Å². The molecule has 0 unspecified atom stereocenters. The van der Waals surface area contributed by atoms with E-state index < -0.39 is 12.1 Å². The number of carboxylic acids is 1. The van der Waals surface area contributed by atoms with Crippen molar-refractivity contribution < 1.29 is 20.1 Å². The van der Waals surface area contributed by atoms with Crippen LogP contribution in [0.4, 0.5) is 0 Å². The van der Waals surface area contributed by atoms with E-state index in [1.807, 2.05) is 20.8 Å². The van der Waals surface area contributed by atoms with Crippen LogP contribution in [-0.2, 0) is 10.2 Å². The summed E-state index contributed by atoms with van der Waals surface area (Å²) in [6.07, 6.45) is -1.55. The molecular weight excluding hydrogens is 208 g/mol. The first-order valence-corrected chi connectivity index (χ1v) is 4.97. The largest absolute Gasteiger partial charge is 0.508 e. The number of phenols is 1. The molecule has 0 aliphatic carbocycles. The van der Waals surface area contributed by atoms with Crippen LogP contribution in [0.1, 0.15) is 38.0 Å². The minimum atomic E-state index is -1.55. The zero-order valence-corrected chi connectivity index (χ0v) is 9.56. The summed E-state index contributed by atoms with van der Waals surface area (Å²) in [6, 6.07) is 4.33. The third kappa shape index (κ3) is 2.52. The Labute approximate surface area is 94.2 Å². The van der Waals surface area contributed by atoms with Crippen LogP contribution in [0.3, 0.4) is 0 Å². The van der Waals surface area contributed by atoms with Gasteiger partial charge in [-0.1, -0.05) is 26.8 Å². The van der Waals surface area contributed by atoms with E-state index in [4.69, 9.17) is 5.11 Å². The number of aliphatic hydroxyl groups is 1. The molecule has 0 saturated carbocycles. The van der Waals surface area contributed by atoms with Gasteiger partial charge in [-0.2, -0.15) is 0 Å². The second-order valence-corrected chi connectivity index (χ2v) is 4.77. The SMILES string of the molecule is CC(C)(C)c1cc([C@@H](O)C(=O)O)ccc1O. The molecule has 1 rings (SSSR count). The summed E-state index contributed by atoms with van der Waals surface area (Å²) in [4.78, 5) is 10.6. The molecule has 0 heterocycles. The minimum Gasteiger partial charge on any atom is -0.508 e. The lowest BCUT2D eigenvalue weighted by molar-refractivity contribution is -0.146. The first-order chi connectivity index (χ1) is 7.23. The molecule has 0 aliphatic rings. The Kier molecular flexibility index (Phi) is 3.24. The Balaban J connectivity index is 3.23. The summed E-state index contributed by atoms with van der Waals surface area (Å²) in [7, 11) is 0. The lowest BCUT2D eigenvalue weighted by Crippen LogP contribution is -2.15. The van der Waals surface area contributed by atoms with Crippen molar-refractivity contribution in [3.8, 4) is 5.75 Å². The number of phenolic OH excluding ortho intramolecular Hbond substituents is 1. The Morgan fingerprint density at radius 3 is 2.31 bits per heavy atom. The number of aliphatic hydroxyl groups excluding tert-OH is 1. The number of hydrogen-bond donors (Lipinski definition) is 3. The highest BCUT2D eigenvalue weighted by molar-refractivity contribution is 5.74. The lowest BCUT2D eigenvalue weighted by Gasteiger charge is -2.21. The molecule has 1 atom stereocenters. The minimum absolute atomic E-state index is 0.105. The van der Waals surface area contributed by atoms with Crippen molar-refractivity contribution in [2.24, 2.45) is 0 Å². The molecule has 0 bridgehead atoms. The monoisotopic (exact) mass is 224 g/mol. The molecule has 1 aromatic carbocycles. The highest BCUT2D eigenvalue weighted by Crippen LogP contribution is 2.32. The summed E-state index contributed by atoms with van der Waals surface area (Å²) < 4.78 is 0. The van der Waals surface area contributed by atoms with Gasteiger partial charge in [-0.25, -0.2) is 4.79 Å². The third-order valence-electron chi connectivity index (χ3n) is 2.38. The maximum Gasteiger partial charge on any atom is 0.337 e. The van der Waals surface area contributed by atoms with E-state index in [2.05, 4.69) is 0 Å². The molecule has 0 radical (unpaired) electrons. The van der Waals surface area contributed by atoms with Crippen LogP contribution < -0.4 is 0 Å². The van der Waals surface area contributed by atoms with Crippen molar-refractivity contribution in [2.45, 2.75) is 32.3 Å². The van der Waals surface area contributed by atoms with Crippen LogP contribution in [0.5, 0.6) is 5.75 Å². The van der Waals surface area contributed by atoms with Gasteiger partial charge in [0.25, 0.3) is 0 Å². The average Bonchev–Trinajstić information content (AvgIpc) is 2.15. The quantitative estimate of drug-likeness (QED) is 0.716. The van der Waals surface area contributed by atoms with Gasteiger partial charge in [0.2, 0.25) is 0 Å². The molecule has 0 amide bonds. The molecule has 4 nitrogen and oxygen atoms in total. The van der Waals surface area contributed by atoms with Crippen LogP contribution in [0, 0.1) is 0 Å². The molecule has 1 aromatic rings. The first-order valence-electron chi connectivity index (χ1n) is 4.97. The number of benzene rings is 1. The second-order valence-electron chi connectivity index (χ2n) is 4.77. The Morgan fingerprint density at radius 2 is 1.88 bits per heavy atom. The standard InChI is InChI=1S/C12H16O4/c1-12(2,3)8-6-7(4-5-9(8)13)10(14)11(15)16/h4-6,10,13-14H,1-3H3,(H,15,16)/t10-/m1/s1. The number of aromatic hydroxyl groups is 1. The molecule has 0 aromatic heterocycles. The fourth-order valence-electron chi connectivity index (χ4n) is 1.47. The van der Waals surface area contributed by atoms with Crippen molar-refractivity contribution >= 4 is 5.97 Å². The van der Waals surface area contributed by atoms with Crippen molar-refractivity contribution in [1.82, 2.24) is 0 Å². The number of carbonyl (C=O) groups is 1. The molecule has 4 heteroatoms. The van der Waals surface area contributed by atoms with Crippen LogP contribution in [-0.4, -0.2) is 21.3 Å². The maximum atomic E-state index is 10.6. The normalized spacial score (nSPS) is 13.5. The first kappa shape index (κ1) is 12.5. The molecule has 0 spiro atoms. The predicted molar refractivity (Wildman–Crippen MR) is 59.4 cm³/mol. The zero-order valence-electron chi connectivity index (χ0n) is 9.56. The smallest absolute Gasteiger partial charge is 0.337 e. The summed E-state index contributed by atoms with van der Waals surface area (Å²) in [5, 5.41) is 27.7. The van der Waals surface area contributed by atoms with Crippen LogP contribution in [0.15, 0.2) is 18.2 Å². The molecule has 0 aliphatic heterocycles. The van der Waals surface area contributed by atoms with Gasteiger partial charge in [0, 0.05) is 0 Å². The maximum absolute atomic E-state index is 10.6. The summed E-state index contributed by atoms with van der Waals surface area (Å²) in [6.45, 7) is 5.71. The van der Waals surface area contributed by atoms with Crippen molar-refractivity contribution in [3.05, 3.63) is 29.3 Å².